The monoisotopic (exact) mass is 357 g/mol. The van der Waals surface area contributed by atoms with Gasteiger partial charge in [-0.05, 0) is 41.1 Å². The fourth-order valence-electron chi connectivity index (χ4n) is 1.46. The van der Waals surface area contributed by atoms with E-state index in [1.807, 2.05) is 6.92 Å². The summed E-state index contributed by atoms with van der Waals surface area (Å²) in [5.74, 6) is 0.464. The van der Waals surface area contributed by atoms with Crippen molar-refractivity contribution in [3.05, 3.63) is 47.1 Å². The average Bonchev–Trinajstić information content (AvgIpc) is 2.42. The lowest BCUT2D eigenvalue weighted by molar-refractivity contribution is 0.337. The van der Waals surface area contributed by atoms with E-state index in [1.165, 1.54) is 24.4 Å². The predicted molar refractivity (Wildman–Crippen MR) is 77.4 cm³/mol. The summed E-state index contributed by atoms with van der Waals surface area (Å²) < 4.78 is 35.2. The number of ether oxygens (including phenoxy) is 1. The molecule has 2 aromatic rings. The molecule has 0 aliphatic carbocycles. The molecule has 2 rings (SSSR count). The van der Waals surface area contributed by atoms with Gasteiger partial charge in [-0.1, -0.05) is 6.07 Å². The van der Waals surface area contributed by atoms with Gasteiger partial charge >= 0.3 is 10.1 Å². The topological polar surface area (TPSA) is 65.5 Å². The van der Waals surface area contributed by atoms with Crippen LogP contribution in [0.15, 0.2) is 52.0 Å². The molecule has 106 valence electrons. The Balaban J connectivity index is 2.32. The molecule has 0 aliphatic rings. The molecule has 0 unspecified atom stereocenters. The maximum atomic E-state index is 12.1. The molecule has 0 atom stereocenters. The fraction of sp³-hybridized carbons (Fsp3) is 0.154. The van der Waals surface area contributed by atoms with E-state index in [9.17, 15) is 8.42 Å². The van der Waals surface area contributed by atoms with Gasteiger partial charge in [0.2, 0.25) is 5.88 Å². The van der Waals surface area contributed by atoms with E-state index in [0.717, 1.165) is 0 Å². The number of rotatable bonds is 5. The fourth-order valence-corrected chi connectivity index (χ4v) is 2.73. The van der Waals surface area contributed by atoms with Crippen LogP contribution in [0.2, 0.25) is 0 Å². The van der Waals surface area contributed by atoms with E-state index in [0.29, 0.717) is 16.8 Å². The first-order valence-electron chi connectivity index (χ1n) is 5.81. The Morgan fingerprint density at radius 2 is 2.05 bits per heavy atom. The van der Waals surface area contributed by atoms with Crippen LogP contribution >= 0.6 is 15.9 Å². The molecule has 0 bridgehead atoms. The molecule has 1 aromatic heterocycles. The third-order valence-corrected chi connectivity index (χ3v) is 4.20. The van der Waals surface area contributed by atoms with Gasteiger partial charge in [0.05, 0.1) is 11.1 Å². The van der Waals surface area contributed by atoms with Gasteiger partial charge in [0.15, 0.2) is 0 Å². The molecule has 7 heteroatoms. The molecule has 1 aromatic carbocycles. The van der Waals surface area contributed by atoms with Gasteiger partial charge in [-0.15, -0.1) is 0 Å². The molecule has 20 heavy (non-hydrogen) atoms. The number of hydrogen-bond acceptors (Lipinski definition) is 5. The highest BCUT2D eigenvalue weighted by Crippen LogP contribution is 2.28. The van der Waals surface area contributed by atoms with Crippen molar-refractivity contribution in [3.63, 3.8) is 0 Å². The van der Waals surface area contributed by atoms with Crippen molar-refractivity contribution in [1.82, 2.24) is 4.98 Å². The first-order valence-corrected chi connectivity index (χ1v) is 8.01. The normalized spacial score (nSPS) is 11.1. The lowest BCUT2D eigenvalue weighted by Gasteiger charge is -2.09. The Bertz CT molecular complexity index is 689. The predicted octanol–water partition coefficient (Wildman–Crippen LogP) is 3.01. The standard InChI is InChI=1S/C13H12BrNO4S/c1-2-18-12-9-10(6-7-11(12)14)20(16,17)19-13-5-3-4-8-15-13/h3-9H,2H2,1H3. The molecule has 0 radical (unpaired) electrons. The number of benzene rings is 1. The molecule has 0 amide bonds. The second-order valence-corrected chi connectivity index (χ2v) is 6.13. The molecule has 0 aliphatic heterocycles. The maximum Gasteiger partial charge on any atom is 0.340 e. The highest BCUT2D eigenvalue weighted by atomic mass is 79.9. The number of halogens is 1. The van der Waals surface area contributed by atoms with Gasteiger partial charge in [0.25, 0.3) is 0 Å². The summed E-state index contributed by atoms with van der Waals surface area (Å²) in [7, 11) is -3.93. The van der Waals surface area contributed by atoms with E-state index >= 15 is 0 Å². The molecule has 0 fully saturated rings. The maximum absolute atomic E-state index is 12.1. The smallest absolute Gasteiger partial charge is 0.340 e. The molecule has 0 spiro atoms. The van der Waals surface area contributed by atoms with E-state index < -0.39 is 10.1 Å². The quantitative estimate of drug-likeness (QED) is 0.769. The van der Waals surface area contributed by atoms with Crippen molar-refractivity contribution in [3.8, 4) is 11.6 Å². The Morgan fingerprint density at radius 3 is 2.70 bits per heavy atom. The zero-order valence-electron chi connectivity index (χ0n) is 10.6. The lowest BCUT2D eigenvalue weighted by atomic mass is 10.3. The highest BCUT2D eigenvalue weighted by Gasteiger charge is 2.19. The zero-order valence-corrected chi connectivity index (χ0v) is 13.0. The van der Waals surface area contributed by atoms with Gasteiger partial charge in [0, 0.05) is 18.3 Å². The molecule has 0 saturated carbocycles. The van der Waals surface area contributed by atoms with Crippen LogP contribution in [0.25, 0.3) is 0 Å². The van der Waals surface area contributed by atoms with Crippen molar-refractivity contribution in [2.45, 2.75) is 11.8 Å². The Labute approximate surface area is 125 Å². The third-order valence-electron chi connectivity index (χ3n) is 2.32. The van der Waals surface area contributed by atoms with E-state index in [4.69, 9.17) is 8.92 Å². The van der Waals surface area contributed by atoms with Crippen LogP contribution < -0.4 is 8.92 Å². The summed E-state index contributed by atoms with van der Waals surface area (Å²) in [5.41, 5.74) is 0. The second-order valence-electron chi connectivity index (χ2n) is 3.73. The summed E-state index contributed by atoms with van der Waals surface area (Å²) in [6, 6.07) is 9.23. The first kappa shape index (κ1) is 14.8. The molecule has 0 saturated heterocycles. The number of aromatic nitrogens is 1. The average molecular weight is 358 g/mol. The number of hydrogen-bond donors (Lipinski definition) is 0. The van der Waals surface area contributed by atoms with Crippen molar-refractivity contribution in [1.29, 1.82) is 0 Å². The van der Waals surface area contributed by atoms with Gasteiger partial charge in [-0.25, -0.2) is 4.98 Å². The van der Waals surface area contributed by atoms with Crippen LogP contribution in [0.5, 0.6) is 11.6 Å². The zero-order chi connectivity index (χ0) is 14.6. The molecular formula is C13H12BrNO4S. The summed E-state index contributed by atoms with van der Waals surface area (Å²) in [5, 5.41) is 0. The van der Waals surface area contributed by atoms with E-state index in [-0.39, 0.29) is 10.8 Å². The SMILES string of the molecule is CCOc1cc(S(=O)(=O)Oc2ccccn2)ccc1Br. The Hall–Kier alpha value is -1.60. The van der Waals surface area contributed by atoms with Crippen LogP contribution in [0.3, 0.4) is 0 Å². The van der Waals surface area contributed by atoms with Crippen molar-refractivity contribution in [2.75, 3.05) is 6.61 Å². The molecular weight excluding hydrogens is 346 g/mol. The van der Waals surface area contributed by atoms with Gasteiger partial charge in [0.1, 0.15) is 10.6 Å². The number of pyridine rings is 1. The van der Waals surface area contributed by atoms with Crippen LogP contribution in [0, 0.1) is 0 Å². The molecule has 0 N–H and O–H groups in total. The van der Waals surface area contributed by atoms with Crippen LogP contribution in [0.1, 0.15) is 6.92 Å². The Kier molecular flexibility index (Phi) is 4.61. The lowest BCUT2D eigenvalue weighted by Crippen LogP contribution is -2.10. The van der Waals surface area contributed by atoms with Crippen molar-refractivity contribution in [2.24, 2.45) is 0 Å². The largest absolute Gasteiger partial charge is 0.493 e. The summed E-state index contributed by atoms with van der Waals surface area (Å²) in [6.45, 7) is 2.25. The summed E-state index contributed by atoms with van der Waals surface area (Å²) in [6.07, 6.45) is 1.46. The van der Waals surface area contributed by atoms with Crippen molar-refractivity contribution < 1.29 is 17.3 Å². The summed E-state index contributed by atoms with van der Waals surface area (Å²) >= 11 is 3.29. The minimum Gasteiger partial charge on any atom is -0.493 e. The van der Waals surface area contributed by atoms with E-state index in [2.05, 4.69) is 20.9 Å². The van der Waals surface area contributed by atoms with Crippen LogP contribution in [-0.4, -0.2) is 20.0 Å². The van der Waals surface area contributed by atoms with E-state index in [1.54, 1.807) is 18.2 Å². The third kappa shape index (κ3) is 3.49. The van der Waals surface area contributed by atoms with Crippen molar-refractivity contribution >= 4 is 26.0 Å². The molecule has 1 heterocycles. The Morgan fingerprint density at radius 1 is 1.25 bits per heavy atom. The highest BCUT2D eigenvalue weighted by molar-refractivity contribution is 9.10. The molecule has 5 nitrogen and oxygen atoms in total. The minimum atomic E-state index is -3.93. The van der Waals surface area contributed by atoms with Gasteiger partial charge in [-0.2, -0.15) is 8.42 Å². The van der Waals surface area contributed by atoms with Gasteiger partial charge < -0.3 is 8.92 Å². The summed E-state index contributed by atoms with van der Waals surface area (Å²) in [4.78, 5) is 3.83. The van der Waals surface area contributed by atoms with Gasteiger partial charge in [-0.3, -0.25) is 0 Å². The minimum absolute atomic E-state index is 0.00908. The first-order chi connectivity index (χ1) is 9.53. The van der Waals surface area contributed by atoms with Crippen LogP contribution in [0.4, 0.5) is 0 Å². The second kappa shape index (κ2) is 6.23. The number of nitrogens with zero attached hydrogens (tertiary/aromatic N) is 1. The van der Waals surface area contributed by atoms with Crippen LogP contribution in [-0.2, 0) is 10.1 Å².